The van der Waals surface area contributed by atoms with Gasteiger partial charge in [0.1, 0.15) is 11.9 Å². The predicted molar refractivity (Wildman–Crippen MR) is 60.8 cm³/mol. The minimum Gasteiger partial charge on any atom is -0.392 e. The van der Waals surface area contributed by atoms with E-state index < -0.39 is 4.92 Å². The molecule has 2 N–H and O–H groups in total. The molecule has 1 aromatic rings. The molecule has 0 aliphatic carbocycles. The maximum atomic E-state index is 10.6. The average Bonchev–Trinajstić information content (AvgIpc) is 2.30. The highest BCUT2D eigenvalue weighted by Gasteiger charge is 2.13. The Hall–Kier alpha value is -2.78. The van der Waals surface area contributed by atoms with Crippen molar-refractivity contribution in [3.8, 4) is 11.8 Å². The zero-order valence-corrected chi connectivity index (χ0v) is 8.70. The number of azide groups is 1. The van der Waals surface area contributed by atoms with Gasteiger partial charge in [-0.3, -0.25) is 15.1 Å². The number of anilines is 1. The summed E-state index contributed by atoms with van der Waals surface area (Å²) in [6.07, 6.45) is 2.77. The maximum absolute atomic E-state index is 10.6. The molecule has 0 saturated carbocycles. The van der Waals surface area contributed by atoms with Crippen LogP contribution in [0.5, 0.6) is 0 Å². The molecule has 0 unspecified atom stereocenters. The van der Waals surface area contributed by atoms with Gasteiger partial charge in [-0.15, -0.1) is 0 Å². The molecule has 17 heavy (non-hydrogen) atoms. The van der Waals surface area contributed by atoms with E-state index in [4.69, 9.17) is 11.3 Å². The number of hydrogen-bond acceptors (Lipinski definition) is 5. The zero-order chi connectivity index (χ0) is 12.7. The maximum Gasteiger partial charge on any atom is 0.311 e. The van der Waals surface area contributed by atoms with E-state index in [9.17, 15) is 10.1 Å². The molecule has 1 rings (SSSR count). The van der Waals surface area contributed by atoms with Gasteiger partial charge in [0.15, 0.2) is 0 Å². The molecule has 0 bridgehead atoms. The van der Waals surface area contributed by atoms with Gasteiger partial charge in [-0.25, -0.2) is 0 Å². The molecule has 0 aromatic carbocycles. The van der Waals surface area contributed by atoms with Crippen LogP contribution in [0.2, 0.25) is 0 Å². The molecular formula is C9H8N6O2. The van der Waals surface area contributed by atoms with Crippen molar-refractivity contribution in [2.75, 3.05) is 12.3 Å². The molecule has 1 heterocycles. The summed E-state index contributed by atoms with van der Waals surface area (Å²) in [5, 5.41) is 13.9. The number of nitro groups is 1. The molecule has 0 atom stereocenters. The lowest BCUT2D eigenvalue weighted by atomic mass is 10.2. The normalized spacial score (nSPS) is 8.71. The monoisotopic (exact) mass is 232 g/mol. The van der Waals surface area contributed by atoms with Crippen LogP contribution in [0, 0.1) is 22.0 Å². The van der Waals surface area contributed by atoms with E-state index in [0.717, 1.165) is 6.20 Å². The fourth-order valence-electron chi connectivity index (χ4n) is 1.01. The fraction of sp³-hybridized carbons (Fsp3) is 0.222. The van der Waals surface area contributed by atoms with Crippen LogP contribution in [-0.2, 0) is 0 Å². The Morgan fingerprint density at radius 2 is 2.41 bits per heavy atom. The Bertz CT molecular complexity index is 538. The van der Waals surface area contributed by atoms with Crippen LogP contribution in [0.3, 0.4) is 0 Å². The zero-order valence-electron chi connectivity index (χ0n) is 8.70. The van der Waals surface area contributed by atoms with Gasteiger partial charge >= 0.3 is 5.69 Å². The van der Waals surface area contributed by atoms with Crippen LogP contribution in [0.1, 0.15) is 12.0 Å². The van der Waals surface area contributed by atoms with Gasteiger partial charge in [-0.05, 0) is 5.53 Å². The molecule has 8 nitrogen and oxygen atoms in total. The third-order valence-electron chi connectivity index (χ3n) is 1.79. The van der Waals surface area contributed by atoms with Crippen molar-refractivity contribution < 1.29 is 4.92 Å². The second-order valence-electron chi connectivity index (χ2n) is 2.88. The van der Waals surface area contributed by atoms with Gasteiger partial charge in [0.05, 0.1) is 10.5 Å². The Balaban J connectivity index is 2.88. The molecule has 0 amide bonds. The van der Waals surface area contributed by atoms with Gasteiger partial charge in [0.2, 0.25) is 0 Å². The predicted octanol–water partition coefficient (Wildman–Crippen LogP) is 1.62. The van der Waals surface area contributed by atoms with Crippen molar-refractivity contribution in [3.63, 3.8) is 0 Å². The summed E-state index contributed by atoms with van der Waals surface area (Å²) in [6, 6.07) is 0. The first-order chi connectivity index (χ1) is 8.16. The Morgan fingerprint density at radius 1 is 1.65 bits per heavy atom. The van der Waals surface area contributed by atoms with Gasteiger partial charge in [-0.1, -0.05) is 17.0 Å². The van der Waals surface area contributed by atoms with E-state index in [1.54, 1.807) is 0 Å². The van der Waals surface area contributed by atoms with Crippen LogP contribution in [0.15, 0.2) is 17.5 Å². The van der Waals surface area contributed by atoms with Crippen LogP contribution >= 0.6 is 0 Å². The number of nitrogen functional groups attached to an aromatic ring is 1. The largest absolute Gasteiger partial charge is 0.392 e. The highest BCUT2D eigenvalue weighted by atomic mass is 16.6. The summed E-state index contributed by atoms with van der Waals surface area (Å²) in [7, 11) is 0. The van der Waals surface area contributed by atoms with Crippen molar-refractivity contribution in [2.24, 2.45) is 5.11 Å². The molecule has 86 valence electrons. The molecule has 0 radical (unpaired) electrons. The third-order valence-corrected chi connectivity index (χ3v) is 1.79. The smallest absolute Gasteiger partial charge is 0.311 e. The second-order valence-corrected chi connectivity index (χ2v) is 2.88. The average molecular weight is 232 g/mol. The fourth-order valence-corrected chi connectivity index (χ4v) is 1.01. The Morgan fingerprint density at radius 3 is 3.06 bits per heavy atom. The molecular weight excluding hydrogens is 224 g/mol. The standard InChI is InChI=1S/C9H8N6O2/c10-9-7(3-1-2-4-13-14-11)5-12-6-8(9)15(16)17/h5-6H,2,4H2,(H2,10,12). The lowest BCUT2D eigenvalue weighted by Gasteiger charge is -1.97. The van der Waals surface area contributed by atoms with E-state index in [1.165, 1.54) is 6.20 Å². The molecule has 8 heteroatoms. The van der Waals surface area contributed by atoms with Crippen molar-refractivity contribution in [1.29, 1.82) is 0 Å². The summed E-state index contributed by atoms with van der Waals surface area (Å²) in [6.45, 7) is 0.242. The van der Waals surface area contributed by atoms with Gasteiger partial charge < -0.3 is 5.73 Å². The minimum absolute atomic E-state index is 0.0127. The van der Waals surface area contributed by atoms with E-state index in [0.29, 0.717) is 12.0 Å². The summed E-state index contributed by atoms with van der Waals surface area (Å²) in [5.74, 6) is 5.33. The Labute approximate surface area is 96.2 Å². The quantitative estimate of drug-likeness (QED) is 0.161. The molecule has 0 saturated heterocycles. The Kier molecular flexibility index (Phi) is 4.30. The van der Waals surface area contributed by atoms with Crippen molar-refractivity contribution in [1.82, 2.24) is 4.98 Å². The van der Waals surface area contributed by atoms with E-state index in [2.05, 4.69) is 26.9 Å². The van der Waals surface area contributed by atoms with Gasteiger partial charge in [0, 0.05) is 24.1 Å². The van der Waals surface area contributed by atoms with E-state index in [-0.39, 0.29) is 17.9 Å². The topological polar surface area (TPSA) is 131 Å². The second kappa shape index (κ2) is 5.95. The minimum atomic E-state index is -0.618. The summed E-state index contributed by atoms with van der Waals surface area (Å²) >= 11 is 0. The number of aromatic nitrogens is 1. The molecule has 0 aliphatic rings. The molecule has 0 fully saturated rings. The van der Waals surface area contributed by atoms with E-state index >= 15 is 0 Å². The van der Waals surface area contributed by atoms with Crippen molar-refractivity contribution in [3.05, 3.63) is 38.5 Å². The summed E-state index contributed by atoms with van der Waals surface area (Å²) < 4.78 is 0. The number of rotatable bonds is 3. The number of nitrogens with two attached hydrogens (primary N) is 1. The van der Waals surface area contributed by atoms with Crippen LogP contribution in [0.4, 0.5) is 11.4 Å². The molecule has 1 aromatic heterocycles. The summed E-state index contributed by atoms with van der Waals surface area (Å²) in [5.41, 5.74) is 13.6. The number of pyridine rings is 1. The highest BCUT2D eigenvalue weighted by Crippen LogP contribution is 2.22. The number of hydrogen-bond donors (Lipinski definition) is 1. The summed E-state index contributed by atoms with van der Waals surface area (Å²) in [4.78, 5) is 16.2. The SMILES string of the molecule is [N-]=[N+]=NCCC#Cc1cncc([N+](=O)[O-])c1N. The van der Waals surface area contributed by atoms with Crippen molar-refractivity contribution in [2.45, 2.75) is 6.42 Å². The molecule has 0 spiro atoms. The van der Waals surface area contributed by atoms with Crippen LogP contribution in [-0.4, -0.2) is 16.5 Å². The van der Waals surface area contributed by atoms with Crippen molar-refractivity contribution >= 4 is 11.4 Å². The van der Waals surface area contributed by atoms with E-state index in [1.807, 2.05) is 0 Å². The highest BCUT2D eigenvalue weighted by molar-refractivity contribution is 5.66. The molecule has 0 aliphatic heterocycles. The number of nitrogens with zero attached hydrogens (tertiary/aromatic N) is 5. The first-order valence-corrected chi connectivity index (χ1v) is 4.54. The van der Waals surface area contributed by atoms with Gasteiger partial charge in [0.25, 0.3) is 0 Å². The van der Waals surface area contributed by atoms with Gasteiger partial charge in [-0.2, -0.15) is 0 Å². The van der Waals surface area contributed by atoms with Crippen LogP contribution < -0.4 is 5.73 Å². The lowest BCUT2D eigenvalue weighted by Crippen LogP contribution is -1.99. The third kappa shape index (κ3) is 3.37. The van der Waals surface area contributed by atoms with Crippen LogP contribution in [0.25, 0.3) is 10.4 Å². The lowest BCUT2D eigenvalue weighted by molar-refractivity contribution is -0.384. The first kappa shape index (κ1) is 12.3. The first-order valence-electron chi connectivity index (χ1n) is 4.54.